The van der Waals surface area contributed by atoms with Crippen LogP contribution in [0.2, 0.25) is 0 Å². The third-order valence-corrected chi connectivity index (χ3v) is 4.67. The van der Waals surface area contributed by atoms with Crippen LogP contribution in [0.15, 0.2) is 9.42 Å². The number of nitrogen functional groups attached to an aromatic ring is 1. The molecule has 2 aromatic heterocycles. The molecule has 0 atom stereocenters. The van der Waals surface area contributed by atoms with Gasteiger partial charge in [0.05, 0.1) is 0 Å². The molecule has 0 amide bonds. The zero-order valence-corrected chi connectivity index (χ0v) is 14.2. The number of anilines is 2. The zero-order chi connectivity index (χ0) is 17.2. The van der Waals surface area contributed by atoms with E-state index >= 15 is 0 Å². The topological polar surface area (TPSA) is 140 Å². The highest BCUT2D eigenvalue weighted by Gasteiger charge is 2.23. The molecule has 2 rings (SSSR count). The number of rotatable bonds is 6. The van der Waals surface area contributed by atoms with Gasteiger partial charge in [-0.3, -0.25) is 0 Å². The van der Waals surface area contributed by atoms with Gasteiger partial charge in [-0.2, -0.15) is 15.0 Å². The van der Waals surface area contributed by atoms with Crippen molar-refractivity contribution in [1.82, 2.24) is 24.8 Å². The van der Waals surface area contributed by atoms with Crippen molar-refractivity contribution in [3.05, 3.63) is 17.3 Å². The Labute approximate surface area is 134 Å². The molecule has 0 bridgehead atoms. The van der Waals surface area contributed by atoms with Crippen LogP contribution < -0.4 is 15.4 Å². The zero-order valence-electron chi connectivity index (χ0n) is 13.4. The number of nitrogens with zero attached hydrogens (tertiary/aromatic N) is 5. The highest BCUT2D eigenvalue weighted by molar-refractivity contribution is 7.89. The number of aryl methyl sites for hydroxylation is 2. The van der Waals surface area contributed by atoms with Crippen LogP contribution in [0, 0.1) is 13.8 Å². The summed E-state index contributed by atoms with van der Waals surface area (Å²) in [4.78, 5) is 13.9. The van der Waals surface area contributed by atoms with Crippen LogP contribution in [0.3, 0.4) is 0 Å². The molecular weight excluding hydrogens is 322 g/mol. The fourth-order valence-corrected chi connectivity index (χ4v) is 3.32. The number of nitrogens with one attached hydrogen (secondary N) is 1. The highest BCUT2D eigenvalue weighted by Crippen LogP contribution is 2.18. The molecule has 0 spiro atoms. The number of sulfonamides is 1. The Balaban J connectivity index is 2.08. The normalized spacial score (nSPS) is 11.7. The van der Waals surface area contributed by atoms with Gasteiger partial charge in [-0.05, 0) is 13.8 Å². The standard InChI is InChI=1S/C12H19N7O3S/c1-7-10(8(2)22-18-7)23(20,21)14-6-5-9-15-11(13)17-12(16-9)19(3)4/h14H,5-6H2,1-4H3,(H2,13,15,16,17). The summed E-state index contributed by atoms with van der Waals surface area (Å²) in [5, 5.41) is 3.64. The lowest BCUT2D eigenvalue weighted by Gasteiger charge is -2.11. The van der Waals surface area contributed by atoms with Crippen LogP contribution in [-0.2, 0) is 16.4 Å². The van der Waals surface area contributed by atoms with E-state index in [1.807, 2.05) is 0 Å². The van der Waals surface area contributed by atoms with Gasteiger partial charge in [-0.1, -0.05) is 5.16 Å². The first kappa shape index (κ1) is 17.1. The molecular formula is C12H19N7O3S. The van der Waals surface area contributed by atoms with Gasteiger partial charge in [0.2, 0.25) is 21.9 Å². The summed E-state index contributed by atoms with van der Waals surface area (Å²) >= 11 is 0. The molecule has 0 radical (unpaired) electrons. The minimum Gasteiger partial charge on any atom is -0.368 e. The molecule has 0 aromatic carbocycles. The van der Waals surface area contributed by atoms with Crippen molar-refractivity contribution in [2.45, 2.75) is 25.2 Å². The molecule has 3 N–H and O–H groups in total. The summed E-state index contributed by atoms with van der Waals surface area (Å²) in [7, 11) is -0.151. The Hall–Kier alpha value is -2.27. The maximum absolute atomic E-state index is 12.3. The van der Waals surface area contributed by atoms with Crippen molar-refractivity contribution in [1.29, 1.82) is 0 Å². The van der Waals surface area contributed by atoms with Gasteiger partial charge in [0.15, 0.2) is 5.76 Å². The number of hydrogen-bond donors (Lipinski definition) is 2. The van der Waals surface area contributed by atoms with Gasteiger partial charge >= 0.3 is 0 Å². The van der Waals surface area contributed by atoms with E-state index in [1.54, 1.807) is 32.8 Å². The van der Waals surface area contributed by atoms with Crippen LogP contribution in [0.5, 0.6) is 0 Å². The van der Waals surface area contributed by atoms with Crippen molar-refractivity contribution in [2.24, 2.45) is 0 Å². The van der Waals surface area contributed by atoms with E-state index in [9.17, 15) is 8.42 Å². The lowest BCUT2D eigenvalue weighted by Crippen LogP contribution is -2.27. The summed E-state index contributed by atoms with van der Waals surface area (Å²) in [5.41, 5.74) is 5.94. The Morgan fingerprint density at radius 2 is 1.91 bits per heavy atom. The number of nitrogens with two attached hydrogens (primary N) is 1. The van der Waals surface area contributed by atoms with Crippen molar-refractivity contribution in [3.63, 3.8) is 0 Å². The third-order valence-electron chi connectivity index (χ3n) is 2.96. The molecule has 10 nitrogen and oxygen atoms in total. The van der Waals surface area contributed by atoms with Crippen LogP contribution in [0.4, 0.5) is 11.9 Å². The summed E-state index contributed by atoms with van der Waals surface area (Å²) in [6.07, 6.45) is 0.274. The van der Waals surface area contributed by atoms with E-state index in [0.29, 0.717) is 17.5 Å². The molecule has 0 fully saturated rings. The van der Waals surface area contributed by atoms with Gasteiger partial charge < -0.3 is 15.2 Å². The molecule has 23 heavy (non-hydrogen) atoms. The first-order valence-corrected chi connectivity index (χ1v) is 8.29. The van der Waals surface area contributed by atoms with Crippen LogP contribution in [0.1, 0.15) is 17.3 Å². The van der Waals surface area contributed by atoms with E-state index in [2.05, 4.69) is 24.8 Å². The number of hydrogen-bond acceptors (Lipinski definition) is 9. The molecule has 2 heterocycles. The van der Waals surface area contributed by atoms with Crippen LogP contribution >= 0.6 is 0 Å². The van der Waals surface area contributed by atoms with Crippen LogP contribution in [0.25, 0.3) is 0 Å². The second-order valence-electron chi connectivity index (χ2n) is 5.11. The van der Waals surface area contributed by atoms with Gasteiger partial charge in [0, 0.05) is 27.1 Å². The second kappa shape index (κ2) is 6.46. The quantitative estimate of drug-likeness (QED) is 0.721. The van der Waals surface area contributed by atoms with Crippen molar-refractivity contribution in [3.8, 4) is 0 Å². The van der Waals surface area contributed by atoms with Gasteiger partial charge in [-0.15, -0.1) is 0 Å². The maximum Gasteiger partial charge on any atom is 0.245 e. The Morgan fingerprint density at radius 1 is 1.22 bits per heavy atom. The molecule has 2 aromatic rings. The fraction of sp³-hybridized carbons (Fsp3) is 0.500. The first-order valence-electron chi connectivity index (χ1n) is 6.81. The van der Waals surface area contributed by atoms with E-state index in [1.165, 1.54) is 0 Å². The van der Waals surface area contributed by atoms with E-state index in [0.717, 1.165) is 0 Å². The Bertz CT molecular complexity index is 781. The average molecular weight is 341 g/mol. The molecule has 0 saturated heterocycles. The Morgan fingerprint density at radius 3 is 2.48 bits per heavy atom. The first-order chi connectivity index (χ1) is 10.7. The molecule has 0 aliphatic heterocycles. The minimum atomic E-state index is -3.70. The highest BCUT2D eigenvalue weighted by atomic mass is 32.2. The fourth-order valence-electron chi connectivity index (χ4n) is 1.96. The summed E-state index contributed by atoms with van der Waals surface area (Å²) < 4.78 is 31.9. The summed E-state index contributed by atoms with van der Waals surface area (Å²) in [6.45, 7) is 3.23. The molecule has 0 unspecified atom stereocenters. The van der Waals surface area contributed by atoms with Gasteiger partial charge in [0.25, 0.3) is 0 Å². The average Bonchev–Trinajstić information content (AvgIpc) is 2.78. The lowest BCUT2D eigenvalue weighted by atomic mass is 10.4. The van der Waals surface area contributed by atoms with E-state index in [-0.39, 0.29) is 29.6 Å². The van der Waals surface area contributed by atoms with Crippen molar-refractivity contribution < 1.29 is 12.9 Å². The SMILES string of the molecule is Cc1noc(C)c1S(=O)(=O)NCCc1nc(N)nc(N(C)C)n1. The van der Waals surface area contributed by atoms with Crippen molar-refractivity contribution in [2.75, 3.05) is 31.3 Å². The third kappa shape index (κ3) is 3.93. The summed E-state index contributed by atoms with van der Waals surface area (Å²) in [6, 6.07) is 0. The molecule has 11 heteroatoms. The molecule has 126 valence electrons. The Kier molecular flexibility index (Phi) is 4.80. The van der Waals surface area contributed by atoms with Crippen molar-refractivity contribution >= 4 is 21.9 Å². The molecule has 0 aliphatic rings. The monoisotopic (exact) mass is 341 g/mol. The minimum absolute atomic E-state index is 0.0571. The lowest BCUT2D eigenvalue weighted by molar-refractivity contribution is 0.390. The largest absolute Gasteiger partial charge is 0.368 e. The predicted molar refractivity (Wildman–Crippen MR) is 83.4 cm³/mol. The maximum atomic E-state index is 12.3. The van der Waals surface area contributed by atoms with E-state index in [4.69, 9.17) is 10.3 Å². The number of aromatic nitrogens is 4. The predicted octanol–water partition coefficient (Wildman–Crippen LogP) is -0.354. The van der Waals surface area contributed by atoms with Gasteiger partial charge in [-0.25, -0.2) is 13.1 Å². The molecule has 0 aliphatic carbocycles. The molecule has 0 saturated carbocycles. The summed E-state index contributed by atoms with van der Waals surface area (Å²) in [5.74, 6) is 1.16. The van der Waals surface area contributed by atoms with Gasteiger partial charge in [0.1, 0.15) is 16.4 Å². The van der Waals surface area contributed by atoms with Crippen LogP contribution in [-0.4, -0.2) is 49.2 Å². The second-order valence-corrected chi connectivity index (χ2v) is 6.81. The van der Waals surface area contributed by atoms with E-state index < -0.39 is 10.0 Å². The smallest absolute Gasteiger partial charge is 0.245 e.